The minimum atomic E-state index is -0.161. The predicted molar refractivity (Wildman–Crippen MR) is 100 cm³/mol. The van der Waals surface area contributed by atoms with Crippen molar-refractivity contribution >= 4 is 29.2 Å². The zero-order chi connectivity index (χ0) is 17.8. The molecule has 0 aromatic heterocycles. The van der Waals surface area contributed by atoms with Crippen LogP contribution in [0.1, 0.15) is 29.3 Å². The minimum Gasteiger partial charge on any atom is -0.460 e. The van der Waals surface area contributed by atoms with Crippen LogP contribution >= 0.6 is 11.6 Å². The lowest BCUT2D eigenvalue weighted by Crippen LogP contribution is -2.20. The standard InChI is InChI=1S/C19H20ClN3O2/c1-12-17(23-19(21)25-12)11-4-13-2-9-16(10-3-13)22-18(24)14-5-7-15(20)8-6-14/h2-3,5-10,12,17H,4,11H2,1H3,(H2,21,23)(H,22,24)/t12-,17?/m0/s1. The first-order valence-electron chi connectivity index (χ1n) is 8.17. The minimum absolute atomic E-state index is 0.0259. The van der Waals surface area contributed by atoms with E-state index in [9.17, 15) is 4.79 Å². The number of benzene rings is 2. The van der Waals surface area contributed by atoms with E-state index in [4.69, 9.17) is 22.1 Å². The van der Waals surface area contributed by atoms with Crippen LogP contribution in [0.15, 0.2) is 53.5 Å². The van der Waals surface area contributed by atoms with E-state index < -0.39 is 0 Å². The van der Waals surface area contributed by atoms with Crippen molar-refractivity contribution in [2.24, 2.45) is 10.7 Å². The molecule has 3 N–H and O–H groups in total. The zero-order valence-corrected chi connectivity index (χ0v) is 14.7. The highest BCUT2D eigenvalue weighted by molar-refractivity contribution is 6.30. The predicted octanol–water partition coefficient (Wildman–Crippen LogP) is 3.63. The van der Waals surface area contributed by atoms with Crippen LogP contribution in [0.25, 0.3) is 0 Å². The number of carbonyl (C=O) groups is 1. The van der Waals surface area contributed by atoms with Crippen molar-refractivity contribution in [1.82, 2.24) is 0 Å². The second-order valence-electron chi connectivity index (χ2n) is 6.05. The Kier molecular flexibility index (Phi) is 5.24. The van der Waals surface area contributed by atoms with Crippen molar-refractivity contribution in [3.63, 3.8) is 0 Å². The number of rotatable bonds is 5. The number of anilines is 1. The molecule has 25 heavy (non-hydrogen) atoms. The van der Waals surface area contributed by atoms with E-state index in [1.807, 2.05) is 31.2 Å². The molecule has 1 amide bonds. The highest BCUT2D eigenvalue weighted by Crippen LogP contribution is 2.19. The molecule has 1 heterocycles. The molecule has 0 saturated carbocycles. The SMILES string of the molecule is C[C@@H]1OC(N)=NC1CCc1ccc(NC(=O)c2ccc(Cl)cc2)cc1. The fraction of sp³-hybridized carbons (Fsp3) is 0.263. The molecule has 0 spiro atoms. The van der Waals surface area contributed by atoms with Gasteiger partial charge in [0.2, 0.25) is 0 Å². The molecular formula is C19H20ClN3O2. The fourth-order valence-electron chi connectivity index (χ4n) is 2.74. The lowest BCUT2D eigenvalue weighted by atomic mass is 10.0. The fourth-order valence-corrected chi connectivity index (χ4v) is 2.87. The molecule has 0 radical (unpaired) electrons. The number of nitrogens with one attached hydrogen (secondary N) is 1. The summed E-state index contributed by atoms with van der Waals surface area (Å²) in [5.74, 6) is -0.161. The van der Waals surface area contributed by atoms with Crippen LogP contribution in [0.3, 0.4) is 0 Å². The van der Waals surface area contributed by atoms with Gasteiger partial charge in [-0.25, -0.2) is 4.99 Å². The lowest BCUT2D eigenvalue weighted by molar-refractivity contribution is 0.102. The smallest absolute Gasteiger partial charge is 0.282 e. The van der Waals surface area contributed by atoms with Crippen LogP contribution in [-0.2, 0) is 11.2 Å². The summed E-state index contributed by atoms with van der Waals surface area (Å²) in [6, 6.07) is 15.0. The van der Waals surface area contributed by atoms with E-state index >= 15 is 0 Å². The number of nitrogens with two attached hydrogens (primary N) is 1. The van der Waals surface area contributed by atoms with Gasteiger partial charge >= 0.3 is 0 Å². The van der Waals surface area contributed by atoms with Gasteiger partial charge in [0.1, 0.15) is 6.10 Å². The Bertz CT molecular complexity index is 772. The molecule has 2 aromatic carbocycles. The second-order valence-corrected chi connectivity index (χ2v) is 6.49. The maximum Gasteiger partial charge on any atom is 0.282 e. The van der Waals surface area contributed by atoms with E-state index in [1.54, 1.807) is 24.3 Å². The Hall–Kier alpha value is -2.53. The number of hydrogen-bond acceptors (Lipinski definition) is 4. The Morgan fingerprint density at radius 2 is 1.88 bits per heavy atom. The number of amidine groups is 1. The average molecular weight is 358 g/mol. The number of ether oxygens (including phenoxy) is 1. The first-order chi connectivity index (χ1) is 12.0. The van der Waals surface area contributed by atoms with E-state index in [0.29, 0.717) is 10.6 Å². The van der Waals surface area contributed by atoms with Gasteiger partial charge in [-0.05, 0) is 61.7 Å². The third-order valence-electron chi connectivity index (χ3n) is 4.19. The Labute approximate surface area is 151 Å². The number of aliphatic imine (C=N–C) groups is 1. The van der Waals surface area contributed by atoms with E-state index in [1.165, 1.54) is 5.56 Å². The normalized spacial score (nSPS) is 19.2. The Morgan fingerprint density at radius 1 is 1.20 bits per heavy atom. The van der Waals surface area contributed by atoms with Gasteiger partial charge in [-0.15, -0.1) is 0 Å². The average Bonchev–Trinajstić information content (AvgIpc) is 2.92. The molecule has 1 unspecified atom stereocenters. The van der Waals surface area contributed by atoms with Crippen LogP contribution in [0, 0.1) is 0 Å². The summed E-state index contributed by atoms with van der Waals surface area (Å²) in [6.45, 7) is 1.98. The molecule has 2 aromatic rings. The molecule has 130 valence electrons. The van der Waals surface area contributed by atoms with Gasteiger partial charge in [0.25, 0.3) is 11.9 Å². The van der Waals surface area contributed by atoms with Gasteiger partial charge in [-0.3, -0.25) is 4.79 Å². The molecule has 1 aliphatic heterocycles. The molecule has 2 atom stereocenters. The lowest BCUT2D eigenvalue weighted by Gasteiger charge is -2.12. The van der Waals surface area contributed by atoms with Crippen molar-refractivity contribution in [2.75, 3.05) is 5.32 Å². The van der Waals surface area contributed by atoms with Gasteiger partial charge in [-0.2, -0.15) is 0 Å². The first kappa shape index (κ1) is 17.3. The molecule has 1 aliphatic rings. The zero-order valence-electron chi connectivity index (χ0n) is 13.9. The van der Waals surface area contributed by atoms with Crippen LogP contribution in [0.2, 0.25) is 5.02 Å². The molecule has 0 saturated heterocycles. The summed E-state index contributed by atoms with van der Waals surface area (Å²) < 4.78 is 5.35. The maximum absolute atomic E-state index is 12.2. The molecule has 0 aliphatic carbocycles. The van der Waals surface area contributed by atoms with Gasteiger partial charge in [0, 0.05) is 16.3 Å². The number of carbonyl (C=O) groups excluding carboxylic acids is 1. The topological polar surface area (TPSA) is 76.7 Å². The first-order valence-corrected chi connectivity index (χ1v) is 8.55. The molecule has 0 fully saturated rings. The van der Waals surface area contributed by atoms with Crippen molar-refractivity contribution in [3.05, 3.63) is 64.7 Å². The summed E-state index contributed by atoms with van der Waals surface area (Å²) in [5.41, 5.74) is 8.09. The van der Waals surface area contributed by atoms with Crippen LogP contribution in [0.4, 0.5) is 5.69 Å². The highest BCUT2D eigenvalue weighted by Gasteiger charge is 2.25. The van der Waals surface area contributed by atoms with Crippen molar-refractivity contribution in [2.45, 2.75) is 31.9 Å². The maximum atomic E-state index is 12.2. The highest BCUT2D eigenvalue weighted by atomic mass is 35.5. The van der Waals surface area contributed by atoms with Crippen molar-refractivity contribution in [1.29, 1.82) is 0 Å². The summed E-state index contributed by atoms with van der Waals surface area (Å²) in [4.78, 5) is 16.5. The van der Waals surface area contributed by atoms with E-state index in [0.717, 1.165) is 18.5 Å². The van der Waals surface area contributed by atoms with Crippen LogP contribution in [0.5, 0.6) is 0 Å². The molecule has 0 bridgehead atoms. The van der Waals surface area contributed by atoms with Gasteiger partial charge < -0.3 is 15.8 Å². The van der Waals surface area contributed by atoms with Crippen LogP contribution in [-0.4, -0.2) is 24.1 Å². The Balaban J connectivity index is 1.55. The largest absolute Gasteiger partial charge is 0.460 e. The molecule has 3 rings (SSSR count). The number of nitrogens with zero attached hydrogens (tertiary/aromatic N) is 1. The molecule has 6 heteroatoms. The quantitative estimate of drug-likeness (QED) is 0.857. The number of hydrogen-bond donors (Lipinski definition) is 2. The van der Waals surface area contributed by atoms with E-state index in [-0.39, 0.29) is 24.1 Å². The van der Waals surface area contributed by atoms with Crippen molar-refractivity contribution in [3.8, 4) is 0 Å². The van der Waals surface area contributed by atoms with Crippen LogP contribution < -0.4 is 11.1 Å². The monoisotopic (exact) mass is 357 g/mol. The third-order valence-corrected chi connectivity index (χ3v) is 4.44. The third kappa shape index (κ3) is 4.51. The molecule has 5 nitrogen and oxygen atoms in total. The summed E-state index contributed by atoms with van der Waals surface area (Å²) in [6.07, 6.45) is 1.77. The van der Waals surface area contributed by atoms with Crippen molar-refractivity contribution < 1.29 is 9.53 Å². The van der Waals surface area contributed by atoms with Gasteiger partial charge in [0.05, 0.1) is 6.04 Å². The molecular weight excluding hydrogens is 338 g/mol. The summed E-state index contributed by atoms with van der Waals surface area (Å²) in [7, 11) is 0. The number of aryl methyl sites for hydroxylation is 1. The van der Waals surface area contributed by atoms with Gasteiger partial charge in [0.15, 0.2) is 0 Å². The summed E-state index contributed by atoms with van der Waals surface area (Å²) in [5, 5.41) is 3.48. The Morgan fingerprint density at radius 3 is 2.48 bits per heavy atom. The number of amides is 1. The van der Waals surface area contributed by atoms with Gasteiger partial charge in [-0.1, -0.05) is 23.7 Å². The number of halogens is 1. The summed E-state index contributed by atoms with van der Waals surface area (Å²) >= 11 is 5.83. The second kappa shape index (κ2) is 7.57. The van der Waals surface area contributed by atoms with E-state index in [2.05, 4.69) is 10.3 Å².